The predicted molar refractivity (Wildman–Crippen MR) is 113 cm³/mol. The van der Waals surface area contributed by atoms with Gasteiger partial charge in [0.15, 0.2) is 0 Å². The molecule has 0 aliphatic rings. The number of benzene rings is 1. The first kappa shape index (κ1) is 19.3. The Morgan fingerprint density at radius 3 is 2.50 bits per heavy atom. The maximum absolute atomic E-state index is 4.68. The van der Waals surface area contributed by atoms with E-state index in [0.717, 1.165) is 39.1 Å². The van der Waals surface area contributed by atoms with Crippen molar-refractivity contribution < 1.29 is 0 Å². The number of aromatic nitrogens is 2. The van der Waals surface area contributed by atoms with Crippen LogP contribution < -0.4 is 0 Å². The highest BCUT2D eigenvalue weighted by molar-refractivity contribution is 6.10. The van der Waals surface area contributed by atoms with Crippen molar-refractivity contribution in [2.75, 3.05) is 7.05 Å². The molecule has 0 bridgehead atoms. The standard InChI is InChI=1S/C22H26N4/c1-7-18(12-23-5)20-10-8-9-19(11-20)17(4)24-14-22(16(2)3)21-13-25-26(6)15-21/h7-15H,2H2,1,3-6H3/b18-7+,22-14+,23-12-,24-17+. The molecule has 0 fully saturated rings. The summed E-state index contributed by atoms with van der Waals surface area (Å²) in [6.07, 6.45) is 9.58. The van der Waals surface area contributed by atoms with E-state index in [1.54, 1.807) is 11.7 Å². The van der Waals surface area contributed by atoms with Crippen molar-refractivity contribution in [3.05, 3.63) is 77.8 Å². The Morgan fingerprint density at radius 1 is 1.19 bits per heavy atom. The van der Waals surface area contributed by atoms with Gasteiger partial charge in [-0.15, -0.1) is 0 Å². The molecule has 2 aromatic rings. The Morgan fingerprint density at radius 2 is 1.92 bits per heavy atom. The quantitative estimate of drug-likeness (QED) is 0.539. The van der Waals surface area contributed by atoms with Gasteiger partial charge in [-0.3, -0.25) is 14.7 Å². The van der Waals surface area contributed by atoms with Crippen molar-refractivity contribution >= 4 is 23.1 Å². The normalized spacial score (nSPS) is 13.5. The van der Waals surface area contributed by atoms with E-state index in [1.165, 1.54) is 0 Å². The first-order valence-electron chi connectivity index (χ1n) is 8.55. The first-order chi connectivity index (χ1) is 12.5. The van der Waals surface area contributed by atoms with E-state index in [-0.39, 0.29) is 0 Å². The predicted octanol–water partition coefficient (Wildman–Crippen LogP) is 4.95. The molecule has 26 heavy (non-hydrogen) atoms. The van der Waals surface area contributed by atoms with Gasteiger partial charge >= 0.3 is 0 Å². The van der Waals surface area contributed by atoms with Gasteiger partial charge in [-0.25, -0.2) is 0 Å². The minimum absolute atomic E-state index is 0.943. The zero-order chi connectivity index (χ0) is 19.1. The van der Waals surface area contributed by atoms with E-state index in [4.69, 9.17) is 0 Å². The molecule has 0 unspecified atom stereocenters. The number of hydrogen-bond acceptors (Lipinski definition) is 3. The zero-order valence-corrected chi connectivity index (χ0v) is 16.2. The van der Waals surface area contributed by atoms with Crippen LogP contribution in [0.5, 0.6) is 0 Å². The van der Waals surface area contributed by atoms with Crippen LogP contribution in [0.1, 0.15) is 37.5 Å². The molecule has 134 valence electrons. The van der Waals surface area contributed by atoms with Crippen LogP contribution in [-0.4, -0.2) is 28.8 Å². The summed E-state index contributed by atoms with van der Waals surface area (Å²) in [4.78, 5) is 8.80. The SMILES string of the molecule is C=C(C)/C(=C\N=C(/C)c1cccc(C(/C=N\C)=C/C)c1)c1cnn(C)c1. The van der Waals surface area contributed by atoms with E-state index in [0.29, 0.717) is 0 Å². The fourth-order valence-corrected chi connectivity index (χ4v) is 2.61. The minimum atomic E-state index is 0.943. The Labute approximate surface area is 156 Å². The molecule has 0 atom stereocenters. The van der Waals surface area contributed by atoms with Crippen molar-refractivity contribution in [1.29, 1.82) is 0 Å². The second-order valence-electron chi connectivity index (χ2n) is 6.15. The van der Waals surface area contributed by atoms with Crippen molar-refractivity contribution in [3.8, 4) is 0 Å². The van der Waals surface area contributed by atoms with Gasteiger partial charge in [0.25, 0.3) is 0 Å². The summed E-state index contributed by atoms with van der Waals surface area (Å²) in [6.45, 7) is 10.1. The molecule has 0 saturated heterocycles. The molecule has 2 rings (SSSR count). The zero-order valence-electron chi connectivity index (χ0n) is 16.2. The third kappa shape index (κ3) is 4.76. The summed E-state index contributed by atoms with van der Waals surface area (Å²) in [5.74, 6) is 0. The third-order valence-electron chi connectivity index (χ3n) is 4.06. The lowest BCUT2D eigenvalue weighted by Gasteiger charge is -2.06. The van der Waals surface area contributed by atoms with Gasteiger partial charge < -0.3 is 0 Å². The number of rotatable bonds is 6. The summed E-state index contributed by atoms with van der Waals surface area (Å²) in [5, 5.41) is 4.23. The van der Waals surface area contributed by atoms with E-state index in [2.05, 4.69) is 45.9 Å². The van der Waals surface area contributed by atoms with Gasteiger partial charge in [0.2, 0.25) is 0 Å². The average Bonchev–Trinajstić information content (AvgIpc) is 3.05. The Bertz CT molecular complexity index is 908. The topological polar surface area (TPSA) is 42.5 Å². The number of allylic oxidation sites excluding steroid dienone is 4. The summed E-state index contributed by atoms with van der Waals surface area (Å²) in [5.41, 5.74) is 7.20. The van der Waals surface area contributed by atoms with Crippen molar-refractivity contribution in [2.24, 2.45) is 17.0 Å². The van der Waals surface area contributed by atoms with E-state index in [1.807, 2.05) is 58.7 Å². The molecule has 0 amide bonds. The maximum atomic E-state index is 4.68. The van der Waals surface area contributed by atoms with Gasteiger partial charge in [0.1, 0.15) is 0 Å². The van der Waals surface area contributed by atoms with E-state index in [9.17, 15) is 0 Å². The second kappa shape index (κ2) is 8.90. The molecular weight excluding hydrogens is 320 g/mol. The van der Waals surface area contributed by atoms with Gasteiger partial charge in [0, 0.05) is 49.6 Å². The van der Waals surface area contributed by atoms with Crippen LogP contribution in [0.25, 0.3) is 11.1 Å². The second-order valence-corrected chi connectivity index (χ2v) is 6.15. The van der Waals surface area contributed by atoms with Gasteiger partial charge in [0.05, 0.1) is 6.20 Å². The van der Waals surface area contributed by atoms with Crippen LogP contribution in [-0.2, 0) is 7.05 Å². The fraction of sp³-hybridized carbons (Fsp3) is 0.227. The van der Waals surface area contributed by atoms with Crippen molar-refractivity contribution in [2.45, 2.75) is 20.8 Å². The highest BCUT2D eigenvalue weighted by Crippen LogP contribution is 2.21. The lowest BCUT2D eigenvalue weighted by Crippen LogP contribution is -1.96. The molecule has 0 N–H and O–H groups in total. The van der Waals surface area contributed by atoms with Crippen LogP contribution in [0, 0.1) is 0 Å². The number of hydrogen-bond donors (Lipinski definition) is 0. The van der Waals surface area contributed by atoms with Crippen LogP contribution in [0.15, 0.2) is 71.1 Å². The van der Waals surface area contributed by atoms with Gasteiger partial charge in [-0.05, 0) is 49.1 Å². The maximum Gasteiger partial charge on any atom is 0.0568 e. The van der Waals surface area contributed by atoms with E-state index >= 15 is 0 Å². The van der Waals surface area contributed by atoms with Crippen molar-refractivity contribution in [3.63, 3.8) is 0 Å². The molecule has 0 radical (unpaired) electrons. The van der Waals surface area contributed by atoms with Crippen LogP contribution in [0.3, 0.4) is 0 Å². The van der Waals surface area contributed by atoms with Crippen LogP contribution >= 0.6 is 0 Å². The molecule has 0 aliphatic heterocycles. The average molecular weight is 346 g/mol. The summed E-state index contributed by atoms with van der Waals surface area (Å²) < 4.78 is 1.78. The summed E-state index contributed by atoms with van der Waals surface area (Å²) in [6, 6.07) is 8.32. The molecule has 1 aromatic carbocycles. The Hall–Kier alpha value is -3.01. The number of nitrogens with zero attached hydrogens (tertiary/aromatic N) is 4. The molecule has 0 spiro atoms. The van der Waals surface area contributed by atoms with Gasteiger partial charge in [-0.2, -0.15) is 5.10 Å². The first-order valence-corrected chi connectivity index (χ1v) is 8.55. The molecule has 4 heteroatoms. The number of aryl methyl sites for hydroxylation is 1. The molecule has 0 saturated carbocycles. The van der Waals surface area contributed by atoms with E-state index < -0.39 is 0 Å². The summed E-state index contributed by atoms with van der Waals surface area (Å²) >= 11 is 0. The van der Waals surface area contributed by atoms with Crippen molar-refractivity contribution in [1.82, 2.24) is 9.78 Å². The molecule has 0 aliphatic carbocycles. The third-order valence-corrected chi connectivity index (χ3v) is 4.06. The van der Waals surface area contributed by atoms with Crippen LogP contribution in [0.2, 0.25) is 0 Å². The monoisotopic (exact) mass is 346 g/mol. The molecular formula is C22H26N4. The van der Waals surface area contributed by atoms with Crippen LogP contribution in [0.4, 0.5) is 0 Å². The molecule has 1 heterocycles. The highest BCUT2D eigenvalue weighted by atomic mass is 15.2. The summed E-state index contributed by atoms with van der Waals surface area (Å²) in [7, 11) is 3.68. The van der Waals surface area contributed by atoms with Gasteiger partial charge in [-0.1, -0.05) is 30.9 Å². The smallest absolute Gasteiger partial charge is 0.0568 e. The largest absolute Gasteiger partial charge is 0.296 e. The Kier molecular flexibility index (Phi) is 6.61. The fourth-order valence-electron chi connectivity index (χ4n) is 2.61. The minimum Gasteiger partial charge on any atom is -0.296 e. The lowest BCUT2D eigenvalue weighted by atomic mass is 10.0. The Balaban J connectivity index is 2.38. The molecule has 4 nitrogen and oxygen atoms in total. The highest BCUT2D eigenvalue weighted by Gasteiger charge is 2.06. The lowest BCUT2D eigenvalue weighted by molar-refractivity contribution is 0.767. The number of aliphatic imine (C=N–C) groups is 2. The molecule has 1 aromatic heterocycles.